The number of hydrogen-bond donors (Lipinski definition) is 2. The monoisotopic (exact) mass is 307 g/mol. The van der Waals surface area contributed by atoms with Gasteiger partial charge in [0, 0.05) is 23.5 Å². The van der Waals surface area contributed by atoms with Crippen LogP contribution in [0.5, 0.6) is 11.5 Å². The van der Waals surface area contributed by atoms with E-state index in [9.17, 15) is 5.11 Å². The first kappa shape index (κ1) is 15.8. The molecule has 1 aromatic heterocycles. The molecule has 0 bridgehead atoms. The van der Waals surface area contributed by atoms with Gasteiger partial charge in [0.05, 0.1) is 14.2 Å². The number of thiophene rings is 1. The summed E-state index contributed by atoms with van der Waals surface area (Å²) in [6.07, 6.45) is 0. The Balaban J connectivity index is 2.00. The lowest BCUT2D eigenvalue weighted by atomic mass is 10.1. The lowest BCUT2D eigenvalue weighted by Gasteiger charge is -2.22. The van der Waals surface area contributed by atoms with Gasteiger partial charge in [-0.3, -0.25) is 0 Å². The molecule has 2 aromatic rings. The van der Waals surface area contributed by atoms with Crippen LogP contribution in [0.25, 0.3) is 0 Å². The van der Waals surface area contributed by atoms with E-state index >= 15 is 0 Å². The highest BCUT2D eigenvalue weighted by Crippen LogP contribution is 2.26. The van der Waals surface area contributed by atoms with E-state index in [1.54, 1.807) is 25.6 Å². The van der Waals surface area contributed by atoms with E-state index < -0.39 is 5.60 Å². The molecule has 2 rings (SSSR count). The smallest absolute Gasteiger partial charge is 0.123 e. The molecule has 21 heavy (non-hydrogen) atoms. The average Bonchev–Trinajstić information content (AvgIpc) is 3.02. The molecule has 0 saturated carbocycles. The van der Waals surface area contributed by atoms with Gasteiger partial charge in [0.2, 0.25) is 0 Å². The van der Waals surface area contributed by atoms with Crippen LogP contribution >= 0.6 is 11.3 Å². The molecule has 1 unspecified atom stereocenters. The molecule has 0 radical (unpaired) electrons. The highest BCUT2D eigenvalue weighted by molar-refractivity contribution is 7.10. The Kier molecular flexibility index (Phi) is 5.22. The second kappa shape index (κ2) is 6.93. The van der Waals surface area contributed by atoms with Crippen LogP contribution in [0.1, 0.15) is 17.4 Å². The van der Waals surface area contributed by atoms with Gasteiger partial charge in [-0.25, -0.2) is 0 Å². The van der Waals surface area contributed by atoms with Crippen molar-refractivity contribution in [2.24, 2.45) is 0 Å². The quantitative estimate of drug-likeness (QED) is 0.826. The molecule has 4 nitrogen and oxygen atoms in total. The summed E-state index contributed by atoms with van der Waals surface area (Å²) in [6, 6.07) is 9.57. The lowest BCUT2D eigenvalue weighted by Crippen LogP contribution is -2.34. The molecule has 2 N–H and O–H groups in total. The second-order valence-electron chi connectivity index (χ2n) is 5.03. The van der Waals surface area contributed by atoms with E-state index in [0.29, 0.717) is 13.1 Å². The Hall–Kier alpha value is -1.56. The van der Waals surface area contributed by atoms with E-state index in [4.69, 9.17) is 9.47 Å². The van der Waals surface area contributed by atoms with Crippen LogP contribution in [0.15, 0.2) is 35.7 Å². The number of ether oxygens (including phenoxy) is 2. The van der Waals surface area contributed by atoms with Gasteiger partial charge < -0.3 is 19.9 Å². The number of benzene rings is 1. The standard InChI is InChI=1S/C16H21NO3S/c1-16(18,15-5-4-8-21-15)11-17-10-12-9-13(19-2)6-7-14(12)20-3/h4-9,17-18H,10-11H2,1-3H3. The van der Waals surface area contributed by atoms with Crippen LogP contribution in [0.3, 0.4) is 0 Å². The predicted molar refractivity (Wildman–Crippen MR) is 85.1 cm³/mol. The summed E-state index contributed by atoms with van der Waals surface area (Å²) in [5, 5.41) is 15.7. The van der Waals surface area contributed by atoms with Gasteiger partial charge in [-0.05, 0) is 36.6 Å². The van der Waals surface area contributed by atoms with E-state index in [2.05, 4.69) is 5.32 Å². The van der Waals surface area contributed by atoms with Gasteiger partial charge in [0.15, 0.2) is 0 Å². The summed E-state index contributed by atoms with van der Waals surface area (Å²) in [6.45, 7) is 2.88. The highest BCUT2D eigenvalue weighted by atomic mass is 32.1. The first-order chi connectivity index (χ1) is 10.1. The molecule has 114 valence electrons. The molecule has 0 aliphatic carbocycles. The molecule has 0 aliphatic heterocycles. The van der Waals surface area contributed by atoms with Crippen molar-refractivity contribution in [3.8, 4) is 11.5 Å². The summed E-state index contributed by atoms with van der Waals surface area (Å²) in [4.78, 5) is 0.951. The van der Waals surface area contributed by atoms with E-state index in [1.165, 1.54) is 0 Å². The van der Waals surface area contributed by atoms with E-state index in [-0.39, 0.29) is 0 Å². The van der Waals surface area contributed by atoms with Gasteiger partial charge in [-0.2, -0.15) is 0 Å². The lowest BCUT2D eigenvalue weighted by molar-refractivity contribution is 0.0604. The van der Waals surface area contributed by atoms with Crippen molar-refractivity contribution in [3.05, 3.63) is 46.2 Å². The molecule has 1 atom stereocenters. The van der Waals surface area contributed by atoms with Crippen molar-refractivity contribution >= 4 is 11.3 Å². The van der Waals surface area contributed by atoms with Gasteiger partial charge >= 0.3 is 0 Å². The van der Waals surface area contributed by atoms with Crippen LogP contribution in [-0.4, -0.2) is 25.9 Å². The van der Waals surface area contributed by atoms with Crippen molar-refractivity contribution in [2.75, 3.05) is 20.8 Å². The Morgan fingerprint density at radius 2 is 2.05 bits per heavy atom. The van der Waals surface area contributed by atoms with Crippen molar-refractivity contribution in [2.45, 2.75) is 19.1 Å². The molecule has 0 amide bonds. The van der Waals surface area contributed by atoms with Crippen molar-refractivity contribution < 1.29 is 14.6 Å². The Morgan fingerprint density at radius 1 is 1.24 bits per heavy atom. The largest absolute Gasteiger partial charge is 0.497 e. The van der Waals surface area contributed by atoms with Crippen LogP contribution in [-0.2, 0) is 12.1 Å². The maximum atomic E-state index is 10.5. The summed E-state index contributed by atoms with van der Waals surface area (Å²) in [7, 11) is 3.29. The van der Waals surface area contributed by atoms with E-state index in [1.807, 2.05) is 42.6 Å². The summed E-state index contributed by atoms with van der Waals surface area (Å²) in [5.74, 6) is 1.59. The zero-order chi connectivity index (χ0) is 15.3. The van der Waals surface area contributed by atoms with Gasteiger partial charge in [0.25, 0.3) is 0 Å². The molecule has 0 spiro atoms. The SMILES string of the molecule is COc1ccc(OC)c(CNCC(C)(O)c2cccs2)c1. The number of hydrogen-bond acceptors (Lipinski definition) is 5. The molecule has 1 aromatic carbocycles. The topological polar surface area (TPSA) is 50.7 Å². The second-order valence-corrected chi connectivity index (χ2v) is 5.98. The first-order valence-electron chi connectivity index (χ1n) is 6.75. The zero-order valence-electron chi connectivity index (χ0n) is 12.6. The van der Waals surface area contributed by atoms with Gasteiger partial charge in [-0.15, -0.1) is 11.3 Å². The summed E-state index contributed by atoms with van der Waals surface area (Å²) >= 11 is 1.56. The number of methoxy groups -OCH3 is 2. The molecule has 0 aliphatic rings. The molecule has 5 heteroatoms. The van der Waals surface area contributed by atoms with Crippen LogP contribution in [0.4, 0.5) is 0 Å². The normalized spacial score (nSPS) is 13.7. The van der Waals surface area contributed by atoms with E-state index in [0.717, 1.165) is 21.9 Å². The minimum Gasteiger partial charge on any atom is -0.497 e. The number of aliphatic hydroxyl groups is 1. The number of nitrogens with one attached hydrogen (secondary N) is 1. The van der Waals surface area contributed by atoms with Gasteiger partial charge in [0.1, 0.15) is 17.1 Å². The minimum atomic E-state index is -0.875. The number of rotatable bonds is 7. The third kappa shape index (κ3) is 3.97. The third-order valence-corrected chi connectivity index (χ3v) is 4.45. The summed E-state index contributed by atoms with van der Waals surface area (Å²) in [5.41, 5.74) is 0.124. The fourth-order valence-electron chi connectivity index (χ4n) is 2.13. The average molecular weight is 307 g/mol. The molecular formula is C16H21NO3S. The summed E-state index contributed by atoms with van der Waals surface area (Å²) < 4.78 is 10.6. The van der Waals surface area contributed by atoms with Crippen molar-refractivity contribution in [1.29, 1.82) is 0 Å². The Bertz CT molecular complexity index is 567. The molecule has 1 heterocycles. The van der Waals surface area contributed by atoms with Crippen molar-refractivity contribution in [1.82, 2.24) is 5.32 Å². The Morgan fingerprint density at radius 3 is 2.67 bits per heavy atom. The zero-order valence-corrected chi connectivity index (χ0v) is 13.4. The van der Waals surface area contributed by atoms with Gasteiger partial charge in [-0.1, -0.05) is 6.07 Å². The maximum Gasteiger partial charge on any atom is 0.123 e. The fourth-order valence-corrected chi connectivity index (χ4v) is 2.92. The van der Waals surface area contributed by atoms with Crippen LogP contribution in [0, 0.1) is 0 Å². The molecule has 0 saturated heterocycles. The minimum absolute atomic E-state index is 0.466. The van der Waals surface area contributed by atoms with Crippen LogP contribution in [0.2, 0.25) is 0 Å². The molecular weight excluding hydrogens is 286 g/mol. The maximum absolute atomic E-state index is 10.5. The Labute approximate surface area is 129 Å². The fraction of sp³-hybridized carbons (Fsp3) is 0.375. The molecule has 0 fully saturated rings. The third-order valence-electron chi connectivity index (χ3n) is 3.32. The van der Waals surface area contributed by atoms with Crippen LogP contribution < -0.4 is 14.8 Å². The van der Waals surface area contributed by atoms with Crippen molar-refractivity contribution in [3.63, 3.8) is 0 Å². The highest BCUT2D eigenvalue weighted by Gasteiger charge is 2.23. The predicted octanol–water partition coefficient (Wildman–Crippen LogP) is 2.76. The first-order valence-corrected chi connectivity index (χ1v) is 7.63.